The summed E-state index contributed by atoms with van der Waals surface area (Å²) in [6.45, 7) is 2.84. The van der Waals surface area contributed by atoms with E-state index in [-0.39, 0.29) is 42.9 Å². The van der Waals surface area contributed by atoms with Crippen molar-refractivity contribution in [3.8, 4) is 5.75 Å². The average Bonchev–Trinajstić information content (AvgIpc) is 2.92. The number of nitrogens with zero attached hydrogens (tertiary/aromatic N) is 2. The summed E-state index contributed by atoms with van der Waals surface area (Å²) in [4.78, 5) is 3.97. The first-order valence-electron chi connectivity index (χ1n) is 8.13. The Morgan fingerprint density at radius 1 is 1.21 bits per heavy atom. The highest BCUT2D eigenvalue weighted by atomic mass is 19.1. The van der Waals surface area contributed by atoms with Crippen LogP contribution in [-0.2, 0) is 6.54 Å². The highest BCUT2D eigenvalue weighted by Crippen LogP contribution is 2.28. The summed E-state index contributed by atoms with van der Waals surface area (Å²) in [6, 6.07) is 2.37. The van der Waals surface area contributed by atoms with Gasteiger partial charge in [0.05, 0.1) is 13.7 Å². The molecule has 0 aromatic heterocycles. The molecule has 2 rings (SSSR count). The van der Waals surface area contributed by atoms with Gasteiger partial charge in [0.25, 0.3) is 0 Å². The normalized spacial score (nSPS) is 21.6. The van der Waals surface area contributed by atoms with Gasteiger partial charge in [0.1, 0.15) is 17.4 Å². The van der Waals surface area contributed by atoms with E-state index in [0.29, 0.717) is 19.6 Å². The van der Waals surface area contributed by atoms with Crippen molar-refractivity contribution in [1.29, 1.82) is 0 Å². The summed E-state index contributed by atoms with van der Waals surface area (Å²) in [5.74, 6) is -0.806. The van der Waals surface area contributed by atoms with Crippen LogP contribution in [0.25, 0.3) is 0 Å². The number of halogens is 2. The van der Waals surface area contributed by atoms with Gasteiger partial charge < -0.3 is 19.8 Å². The van der Waals surface area contributed by atoms with Crippen LogP contribution in [0.3, 0.4) is 0 Å². The molecule has 24 heavy (non-hydrogen) atoms. The fourth-order valence-electron chi connectivity index (χ4n) is 3.31. The van der Waals surface area contributed by atoms with E-state index in [0.717, 1.165) is 6.54 Å². The van der Waals surface area contributed by atoms with Crippen molar-refractivity contribution in [2.24, 2.45) is 11.8 Å². The molecular formula is C17H26F2N2O3. The molecule has 2 atom stereocenters. The Bertz CT molecular complexity index is 522. The molecule has 0 aliphatic carbocycles. The van der Waals surface area contributed by atoms with Crippen LogP contribution in [0.1, 0.15) is 5.56 Å². The number of likely N-dealkylation sites (tertiary alicyclic amines) is 1. The second-order valence-corrected chi connectivity index (χ2v) is 6.45. The van der Waals surface area contributed by atoms with Gasteiger partial charge in [-0.15, -0.1) is 0 Å². The lowest BCUT2D eigenvalue weighted by Crippen LogP contribution is -2.33. The number of ether oxygens (including phenoxy) is 1. The highest BCUT2D eigenvalue weighted by molar-refractivity contribution is 5.30. The van der Waals surface area contributed by atoms with Crippen LogP contribution >= 0.6 is 0 Å². The van der Waals surface area contributed by atoms with E-state index in [1.165, 1.54) is 19.2 Å². The molecule has 0 bridgehead atoms. The van der Waals surface area contributed by atoms with Gasteiger partial charge in [-0.25, -0.2) is 8.78 Å². The van der Waals surface area contributed by atoms with Crippen LogP contribution in [-0.4, -0.2) is 73.6 Å². The largest absolute Gasteiger partial charge is 0.497 e. The lowest BCUT2D eigenvalue weighted by Gasteiger charge is -2.23. The summed E-state index contributed by atoms with van der Waals surface area (Å²) in [5, 5.41) is 18.6. The van der Waals surface area contributed by atoms with Crippen LogP contribution in [0.2, 0.25) is 0 Å². The zero-order chi connectivity index (χ0) is 17.7. The molecule has 1 aromatic carbocycles. The van der Waals surface area contributed by atoms with E-state index in [9.17, 15) is 13.9 Å². The number of methoxy groups -OCH3 is 1. The number of hydrogen-bond acceptors (Lipinski definition) is 5. The molecule has 0 spiro atoms. The minimum absolute atomic E-state index is 0.0249. The first kappa shape index (κ1) is 19.1. The Balaban J connectivity index is 2.04. The Morgan fingerprint density at radius 3 is 2.38 bits per heavy atom. The molecule has 1 aliphatic heterocycles. The maximum atomic E-state index is 14.1. The second-order valence-electron chi connectivity index (χ2n) is 6.45. The molecule has 0 saturated carbocycles. The summed E-state index contributed by atoms with van der Waals surface area (Å²) in [5.41, 5.74) is 0.0249. The van der Waals surface area contributed by atoms with Gasteiger partial charge in [0, 0.05) is 57.0 Å². The zero-order valence-corrected chi connectivity index (χ0v) is 14.2. The molecule has 1 saturated heterocycles. The lowest BCUT2D eigenvalue weighted by molar-refractivity contribution is 0.160. The number of aliphatic hydroxyl groups is 2. The van der Waals surface area contributed by atoms with Gasteiger partial charge in [-0.3, -0.25) is 4.90 Å². The van der Waals surface area contributed by atoms with Crippen molar-refractivity contribution in [3.05, 3.63) is 29.3 Å². The highest BCUT2D eigenvalue weighted by Gasteiger charge is 2.33. The van der Waals surface area contributed by atoms with Crippen molar-refractivity contribution >= 4 is 0 Å². The molecular weight excluding hydrogens is 318 g/mol. The number of aliphatic hydroxyl groups excluding tert-OH is 2. The quantitative estimate of drug-likeness (QED) is 0.735. The fraction of sp³-hybridized carbons (Fsp3) is 0.647. The molecule has 7 heteroatoms. The number of likely N-dealkylation sites (N-methyl/N-ethyl adjacent to an activating group) is 1. The van der Waals surface area contributed by atoms with Crippen LogP contribution in [0.5, 0.6) is 5.75 Å². The Labute approximate surface area is 141 Å². The molecule has 1 aliphatic rings. The molecule has 0 amide bonds. The van der Waals surface area contributed by atoms with Gasteiger partial charge in [0.15, 0.2) is 0 Å². The van der Waals surface area contributed by atoms with Gasteiger partial charge >= 0.3 is 0 Å². The number of hydrogen-bond donors (Lipinski definition) is 2. The van der Waals surface area contributed by atoms with Crippen molar-refractivity contribution < 1.29 is 23.7 Å². The van der Waals surface area contributed by atoms with Gasteiger partial charge in [-0.2, -0.15) is 0 Å². The lowest BCUT2D eigenvalue weighted by atomic mass is 9.96. The van der Waals surface area contributed by atoms with Crippen LogP contribution < -0.4 is 4.74 Å². The van der Waals surface area contributed by atoms with Crippen LogP contribution in [0, 0.1) is 23.5 Å². The second kappa shape index (κ2) is 8.71. The van der Waals surface area contributed by atoms with Crippen molar-refractivity contribution in [2.75, 3.05) is 53.6 Å². The predicted octanol–water partition coefficient (Wildman–Crippen LogP) is 0.938. The van der Waals surface area contributed by atoms with E-state index in [2.05, 4.69) is 0 Å². The van der Waals surface area contributed by atoms with E-state index in [4.69, 9.17) is 9.84 Å². The SMILES string of the molecule is COc1cc(F)c(CN2C[C@@H](CN(C)CCO)[C@@H](CO)C2)c(F)c1. The minimum atomic E-state index is -0.617. The summed E-state index contributed by atoms with van der Waals surface area (Å²) in [6.07, 6.45) is 0. The Hall–Kier alpha value is -1.28. The number of benzene rings is 1. The topological polar surface area (TPSA) is 56.2 Å². The molecule has 5 nitrogen and oxygen atoms in total. The van der Waals surface area contributed by atoms with E-state index in [1.807, 2.05) is 16.8 Å². The van der Waals surface area contributed by atoms with Crippen molar-refractivity contribution in [2.45, 2.75) is 6.54 Å². The molecule has 1 fully saturated rings. The third-order valence-corrected chi connectivity index (χ3v) is 4.65. The Kier molecular flexibility index (Phi) is 6.91. The third-order valence-electron chi connectivity index (χ3n) is 4.65. The fourth-order valence-corrected chi connectivity index (χ4v) is 3.31. The Morgan fingerprint density at radius 2 is 1.83 bits per heavy atom. The molecule has 1 aromatic rings. The zero-order valence-electron chi connectivity index (χ0n) is 14.2. The minimum Gasteiger partial charge on any atom is -0.497 e. The van der Waals surface area contributed by atoms with Gasteiger partial charge in [-0.1, -0.05) is 0 Å². The smallest absolute Gasteiger partial charge is 0.134 e. The van der Waals surface area contributed by atoms with Crippen LogP contribution in [0.15, 0.2) is 12.1 Å². The predicted molar refractivity (Wildman–Crippen MR) is 86.8 cm³/mol. The van der Waals surface area contributed by atoms with E-state index >= 15 is 0 Å². The molecule has 2 N–H and O–H groups in total. The first-order chi connectivity index (χ1) is 11.5. The summed E-state index contributed by atoms with van der Waals surface area (Å²) in [7, 11) is 3.28. The molecule has 0 unspecified atom stereocenters. The molecule has 0 radical (unpaired) electrons. The summed E-state index contributed by atoms with van der Waals surface area (Å²) < 4.78 is 33.1. The van der Waals surface area contributed by atoms with Crippen LogP contribution in [0.4, 0.5) is 8.78 Å². The first-order valence-corrected chi connectivity index (χ1v) is 8.13. The average molecular weight is 344 g/mol. The van der Waals surface area contributed by atoms with E-state index in [1.54, 1.807) is 0 Å². The standard InChI is InChI=1S/C17H26F2N2O3/c1-20(3-4-22)7-12-8-21(9-13(12)11-23)10-15-16(18)5-14(24-2)6-17(15)19/h5-6,12-13,22-23H,3-4,7-11H2,1-2H3/t12-,13-/m1/s1. The van der Waals surface area contributed by atoms with Gasteiger partial charge in [0.2, 0.25) is 0 Å². The maximum absolute atomic E-state index is 14.1. The monoisotopic (exact) mass is 344 g/mol. The third kappa shape index (κ3) is 4.63. The van der Waals surface area contributed by atoms with Gasteiger partial charge in [-0.05, 0) is 18.9 Å². The van der Waals surface area contributed by atoms with Crippen molar-refractivity contribution in [3.63, 3.8) is 0 Å². The summed E-state index contributed by atoms with van der Waals surface area (Å²) >= 11 is 0. The maximum Gasteiger partial charge on any atom is 0.134 e. The molecule has 136 valence electrons. The van der Waals surface area contributed by atoms with E-state index < -0.39 is 11.6 Å². The van der Waals surface area contributed by atoms with Crippen molar-refractivity contribution in [1.82, 2.24) is 9.80 Å². The molecule has 1 heterocycles. The number of rotatable bonds is 8.